The Bertz CT molecular complexity index is 686. The second-order valence-corrected chi connectivity index (χ2v) is 7.23. The summed E-state index contributed by atoms with van der Waals surface area (Å²) in [7, 11) is 0. The van der Waals surface area contributed by atoms with E-state index in [9.17, 15) is 14.0 Å². The van der Waals surface area contributed by atoms with Crippen LogP contribution in [0.5, 0.6) is 0 Å². The quantitative estimate of drug-likeness (QED) is 0.761. The number of rotatable bonds is 7. The van der Waals surface area contributed by atoms with E-state index in [1.807, 2.05) is 4.90 Å². The number of benzene rings is 1. The van der Waals surface area contributed by atoms with Crippen molar-refractivity contribution in [2.45, 2.75) is 44.9 Å². The van der Waals surface area contributed by atoms with Crippen molar-refractivity contribution >= 4 is 11.8 Å². The van der Waals surface area contributed by atoms with Crippen molar-refractivity contribution < 1.29 is 14.0 Å². The van der Waals surface area contributed by atoms with Gasteiger partial charge in [-0.25, -0.2) is 4.39 Å². The minimum absolute atomic E-state index is 0.0654. The SMILES string of the molecule is O=C(NCCc1ccccc1F)C1CC(=O)N(CCC2=CCCCC2)C1. The second kappa shape index (κ2) is 8.97. The Balaban J connectivity index is 1.41. The van der Waals surface area contributed by atoms with Crippen LogP contribution in [0.15, 0.2) is 35.9 Å². The molecule has 3 rings (SSSR count). The molecule has 1 aromatic rings. The number of nitrogens with zero attached hydrogens (tertiary/aromatic N) is 1. The van der Waals surface area contributed by atoms with Crippen LogP contribution in [0.25, 0.3) is 0 Å². The first-order valence-corrected chi connectivity index (χ1v) is 9.60. The van der Waals surface area contributed by atoms with Gasteiger partial charge in [0.1, 0.15) is 5.82 Å². The van der Waals surface area contributed by atoms with E-state index < -0.39 is 0 Å². The molecular formula is C21H27FN2O2. The first-order chi connectivity index (χ1) is 12.6. The number of hydrogen-bond donors (Lipinski definition) is 1. The molecule has 0 aromatic heterocycles. The summed E-state index contributed by atoms with van der Waals surface area (Å²) in [5, 5.41) is 2.85. The van der Waals surface area contributed by atoms with Crippen LogP contribution in [-0.2, 0) is 16.0 Å². The first kappa shape index (κ1) is 18.6. The van der Waals surface area contributed by atoms with Crippen LogP contribution in [0.2, 0.25) is 0 Å². The van der Waals surface area contributed by atoms with Gasteiger partial charge < -0.3 is 10.2 Å². The zero-order valence-electron chi connectivity index (χ0n) is 15.2. The average molecular weight is 358 g/mol. The molecule has 0 spiro atoms. The van der Waals surface area contributed by atoms with Gasteiger partial charge in [-0.15, -0.1) is 0 Å². The molecule has 2 aliphatic rings. The molecule has 1 fully saturated rings. The number of hydrogen-bond acceptors (Lipinski definition) is 2. The predicted molar refractivity (Wildman–Crippen MR) is 99.0 cm³/mol. The van der Waals surface area contributed by atoms with E-state index >= 15 is 0 Å². The molecule has 1 aliphatic heterocycles. The number of carbonyl (C=O) groups is 2. The van der Waals surface area contributed by atoms with Crippen molar-refractivity contribution in [3.63, 3.8) is 0 Å². The summed E-state index contributed by atoms with van der Waals surface area (Å²) < 4.78 is 13.6. The lowest BCUT2D eigenvalue weighted by atomic mass is 9.97. The van der Waals surface area contributed by atoms with E-state index in [0.717, 1.165) is 19.3 Å². The highest BCUT2D eigenvalue weighted by Gasteiger charge is 2.33. The Hall–Kier alpha value is -2.17. The molecule has 1 heterocycles. The standard InChI is InChI=1S/C21H27FN2O2/c22-19-9-5-4-8-17(19)10-12-23-21(26)18-14-20(25)24(15-18)13-11-16-6-2-1-3-7-16/h4-6,8-9,18H,1-3,7,10-15H2,(H,23,26). The van der Waals surface area contributed by atoms with Crippen LogP contribution in [0, 0.1) is 11.7 Å². The fourth-order valence-corrected chi connectivity index (χ4v) is 3.74. The van der Waals surface area contributed by atoms with Gasteiger partial charge in [0.2, 0.25) is 11.8 Å². The second-order valence-electron chi connectivity index (χ2n) is 7.23. The van der Waals surface area contributed by atoms with Gasteiger partial charge in [0, 0.05) is 26.1 Å². The number of likely N-dealkylation sites (tertiary alicyclic amines) is 1. The number of halogens is 1. The Morgan fingerprint density at radius 3 is 2.85 bits per heavy atom. The molecule has 1 N–H and O–H groups in total. The summed E-state index contributed by atoms with van der Waals surface area (Å²) in [6.07, 6.45) is 8.76. The Kier molecular flexibility index (Phi) is 6.42. The highest BCUT2D eigenvalue weighted by molar-refractivity contribution is 5.89. The van der Waals surface area contributed by atoms with Crippen molar-refractivity contribution in [1.82, 2.24) is 10.2 Å². The summed E-state index contributed by atoms with van der Waals surface area (Å²) in [6, 6.07) is 6.59. The molecule has 26 heavy (non-hydrogen) atoms. The van der Waals surface area contributed by atoms with Gasteiger partial charge in [0.05, 0.1) is 5.92 Å². The molecule has 4 nitrogen and oxygen atoms in total. The molecule has 1 aromatic carbocycles. The van der Waals surface area contributed by atoms with Crippen LogP contribution in [0.1, 0.15) is 44.1 Å². The van der Waals surface area contributed by atoms with E-state index in [-0.39, 0.29) is 30.0 Å². The van der Waals surface area contributed by atoms with Crippen molar-refractivity contribution in [1.29, 1.82) is 0 Å². The molecule has 1 atom stereocenters. The predicted octanol–water partition coefficient (Wildman–Crippen LogP) is 3.22. The Morgan fingerprint density at radius 2 is 2.08 bits per heavy atom. The Morgan fingerprint density at radius 1 is 1.23 bits per heavy atom. The van der Waals surface area contributed by atoms with Crippen LogP contribution in [0.3, 0.4) is 0 Å². The third kappa shape index (κ3) is 4.93. The van der Waals surface area contributed by atoms with Crippen LogP contribution in [0.4, 0.5) is 4.39 Å². The molecule has 5 heteroatoms. The van der Waals surface area contributed by atoms with Gasteiger partial charge in [0.15, 0.2) is 0 Å². The number of amides is 2. The largest absolute Gasteiger partial charge is 0.355 e. The van der Waals surface area contributed by atoms with Crippen molar-refractivity contribution in [2.75, 3.05) is 19.6 Å². The average Bonchev–Trinajstić information content (AvgIpc) is 3.03. The zero-order chi connectivity index (χ0) is 18.4. The van der Waals surface area contributed by atoms with Gasteiger partial charge in [-0.05, 0) is 50.2 Å². The fourth-order valence-electron chi connectivity index (χ4n) is 3.74. The van der Waals surface area contributed by atoms with Gasteiger partial charge in [-0.2, -0.15) is 0 Å². The van der Waals surface area contributed by atoms with E-state index in [4.69, 9.17) is 0 Å². The van der Waals surface area contributed by atoms with Crippen molar-refractivity contribution in [3.05, 3.63) is 47.3 Å². The number of allylic oxidation sites excluding steroid dienone is 1. The van der Waals surface area contributed by atoms with Gasteiger partial charge in [-0.1, -0.05) is 29.8 Å². The van der Waals surface area contributed by atoms with Gasteiger partial charge >= 0.3 is 0 Å². The summed E-state index contributed by atoms with van der Waals surface area (Å²) >= 11 is 0. The van der Waals surface area contributed by atoms with Gasteiger partial charge in [0.25, 0.3) is 0 Å². The lowest BCUT2D eigenvalue weighted by Gasteiger charge is -2.19. The maximum absolute atomic E-state index is 13.6. The third-order valence-electron chi connectivity index (χ3n) is 5.32. The Labute approximate surface area is 154 Å². The molecule has 140 valence electrons. The highest BCUT2D eigenvalue weighted by Crippen LogP contribution is 2.23. The van der Waals surface area contributed by atoms with E-state index in [1.54, 1.807) is 18.2 Å². The molecule has 0 bridgehead atoms. The van der Waals surface area contributed by atoms with Crippen molar-refractivity contribution in [3.8, 4) is 0 Å². The molecule has 1 saturated heterocycles. The van der Waals surface area contributed by atoms with Gasteiger partial charge in [-0.3, -0.25) is 9.59 Å². The molecule has 2 amide bonds. The van der Waals surface area contributed by atoms with Crippen LogP contribution in [-0.4, -0.2) is 36.3 Å². The van der Waals surface area contributed by atoms with Crippen LogP contribution >= 0.6 is 0 Å². The smallest absolute Gasteiger partial charge is 0.225 e. The lowest BCUT2D eigenvalue weighted by molar-refractivity contribution is -0.129. The van der Waals surface area contributed by atoms with E-state index in [1.165, 1.54) is 24.5 Å². The minimum Gasteiger partial charge on any atom is -0.355 e. The molecular weight excluding hydrogens is 331 g/mol. The fraction of sp³-hybridized carbons (Fsp3) is 0.524. The monoisotopic (exact) mass is 358 g/mol. The first-order valence-electron chi connectivity index (χ1n) is 9.60. The lowest BCUT2D eigenvalue weighted by Crippen LogP contribution is -2.34. The molecule has 0 radical (unpaired) electrons. The topological polar surface area (TPSA) is 49.4 Å². The minimum atomic E-state index is -0.288. The van der Waals surface area contributed by atoms with E-state index in [2.05, 4.69) is 11.4 Å². The molecule has 1 aliphatic carbocycles. The molecule has 1 unspecified atom stereocenters. The van der Waals surface area contributed by atoms with Crippen LogP contribution < -0.4 is 5.32 Å². The summed E-state index contributed by atoms with van der Waals surface area (Å²) in [4.78, 5) is 26.3. The maximum Gasteiger partial charge on any atom is 0.225 e. The summed E-state index contributed by atoms with van der Waals surface area (Å²) in [6.45, 7) is 1.60. The normalized spacial score (nSPS) is 20.2. The third-order valence-corrected chi connectivity index (χ3v) is 5.32. The van der Waals surface area contributed by atoms with E-state index in [0.29, 0.717) is 31.6 Å². The number of nitrogens with one attached hydrogen (secondary N) is 1. The zero-order valence-corrected chi connectivity index (χ0v) is 15.2. The maximum atomic E-state index is 13.6. The summed E-state index contributed by atoms with van der Waals surface area (Å²) in [5.74, 6) is -0.575. The van der Waals surface area contributed by atoms with Crippen molar-refractivity contribution in [2.24, 2.45) is 5.92 Å². The molecule has 0 saturated carbocycles. The summed E-state index contributed by atoms with van der Waals surface area (Å²) in [5.41, 5.74) is 2.04. The highest BCUT2D eigenvalue weighted by atomic mass is 19.1. The number of carbonyl (C=O) groups excluding carboxylic acids is 2.